The summed E-state index contributed by atoms with van der Waals surface area (Å²) in [4.78, 5) is 11.7. The zero-order valence-corrected chi connectivity index (χ0v) is 9.68. The molecule has 0 saturated carbocycles. The van der Waals surface area contributed by atoms with E-state index in [0.29, 0.717) is 22.7 Å². The van der Waals surface area contributed by atoms with Crippen LogP contribution in [0, 0.1) is 0 Å². The number of nitrogen functional groups attached to an aromatic ring is 1. The molecule has 0 aliphatic heterocycles. The molecule has 0 bridgehead atoms. The van der Waals surface area contributed by atoms with Crippen LogP contribution in [-0.2, 0) is 0 Å². The summed E-state index contributed by atoms with van der Waals surface area (Å²) in [5, 5.41) is 0.500. The third-order valence-electron chi connectivity index (χ3n) is 2.33. The molecule has 0 aliphatic rings. The number of unbranched alkanes of at least 4 members (excludes halogenated alkanes) is 2. The Morgan fingerprint density at radius 2 is 2.13 bits per heavy atom. The highest BCUT2D eigenvalue weighted by molar-refractivity contribution is 6.33. The number of carbonyl (C=O) groups excluding carboxylic acids is 1. The van der Waals surface area contributed by atoms with Gasteiger partial charge in [0.2, 0.25) is 0 Å². The first-order valence-corrected chi connectivity index (χ1v) is 5.61. The Bertz CT molecular complexity index is 349. The average Bonchev–Trinajstić information content (AvgIpc) is 2.22. The summed E-state index contributed by atoms with van der Waals surface area (Å²) in [6.07, 6.45) is 3.75. The summed E-state index contributed by atoms with van der Waals surface area (Å²) in [5.41, 5.74) is 6.76. The normalized spacial score (nSPS) is 10.3. The van der Waals surface area contributed by atoms with E-state index in [4.69, 9.17) is 17.3 Å². The second kappa shape index (κ2) is 5.76. The topological polar surface area (TPSA) is 43.1 Å². The minimum Gasteiger partial charge on any atom is -0.398 e. The van der Waals surface area contributed by atoms with E-state index in [9.17, 15) is 4.79 Å². The third-order valence-corrected chi connectivity index (χ3v) is 2.67. The van der Waals surface area contributed by atoms with E-state index in [1.165, 1.54) is 0 Å². The molecule has 15 heavy (non-hydrogen) atoms. The molecule has 1 rings (SSSR count). The minimum atomic E-state index is 0.145. The van der Waals surface area contributed by atoms with Crippen molar-refractivity contribution in [2.75, 3.05) is 5.73 Å². The summed E-state index contributed by atoms with van der Waals surface area (Å²) < 4.78 is 0. The lowest BCUT2D eigenvalue weighted by molar-refractivity contribution is 0.0979. The van der Waals surface area contributed by atoms with Gasteiger partial charge in [0, 0.05) is 12.0 Å². The zero-order valence-electron chi connectivity index (χ0n) is 8.92. The highest BCUT2D eigenvalue weighted by Crippen LogP contribution is 2.20. The maximum Gasteiger partial charge on any atom is 0.162 e. The Morgan fingerprint density at radius 3 is 2.73 bits per heavy atom. The van der Waals surface area contributed by atoms with E-state index in [1.807, 2.05) is 0 Å². The van der Waals surface area contributed by atoms with Crippen molar-refractivity contribution in [1.29, 1.82) is 0 Å². The van der Waals surface area contributed by atoms with Gasteiger partial charge < -0.3 is 5.73 Å². The molecule has 0 atom stereocenters. The number of halogens is 1. The number of rotatable bonds is 5. The summed E-state index contributed by atoms with van der Waals surface area (Å²) in [7, 11) is 0. The van der Waals surface area contributed by atoms with E-state index < -0.39 is 0 Å². The van der Waals surface area contributed by atoms with Crippen LogP contribution >= 0.6 is 11.6 Å². The van der Waals surface area contributed by atoms with Crippen molar-refractivity contribution >= 4 is 23.1 Å². The van der Waals surface area contributed by atoms with Crippen LogP contribution in [0.3, 0.4) is 0 Å². The van der Waals surface area contributed by atoms with Gasteiger partial charge in [-0.25, -0.2) is 0 Å². The zero-order chi connectivity index (χ0) is 11.3. The standard InChI is InChI=1S/C12H16ClNO/c1-2-3-4-5-12(15)9-6-7-10(13)11(14)8-9/h6-8H,2-5,14H2,1H3. The first-order chi connectivity index (χ1) is 7.15. The van der Waals surface area contributed by atoms with Gasteiger partial charge in [-0.1, -0.05) is 31.4 Å². The Kier molecular flexibility index (Phi) is 4.63. The van der Waals surface area contributed by atoms with Gasteiger partial charge >= 0.3 is 0 Å². The van der Waals surface area contributed by atoms with Crippen molar-refractivity contribution in [3.63, 3.8) is 0 Å². The van der Waals surface area contributed by atoms with Crippen molar-refractivity contribution in [3.05, 3.63) is 28.8 Å². The number of hydrogen-bond acceptors (Lipinski definition) is 2. The number of anilines is 1. The molecule has 0 saturated heterocycles. The van der Waals surface area contributed by atoms with Crippen LogP contribution in [-0.4, -0.2) is 5.78 Å². The van der Waals surface area contributed by atoms with Crippen LogP contribution in [0.1, 0.15) is 43.0 Å². The van der Waals surface area contributed by atoms with Gasteiger partial charge in [-0.3, -0.25) is 4.79 Å². The molecule has 0 aliphatic carbocycles. The van der Waals surface area contributed by atoms with Gasteiger partial charge in [-0.2, -0.15) is 0 Å². The molecule has 3 heteroatoms. The maximum absolute atomic E-state index is 11.7. The third kappa shape index (κ3) is 3.56. The molecular weight excluding hydrogens is 210 g/mol. The summed E-state index contributed by atoms with van der Waals surface area (Å²) >= 11 is 5.78. The molecule has 1 aromatic carbocycles. The van der Waals surface area contributed by atoms with Crippen LogP contribution in [0.2, 0.25) is 5.02 Å². The van der Waals surface area contributed by atoms with E-state index in [-0.39, 0.29) is 5.78 Å². The van der Waals surface area contributed by atoms with Crippen LogP contribution in [0.5, 0.6) is 0 Å². The molecule has 0 unspecified atom stereocenters. The predicted molar refractivity (Wildman–Crippen MR) is 64.3 cm³/mol. The Morgan fingerprint density at radius 1 is 1.40 bits per heavy atom. The van der Waals surface area contributed by atoms with Gasteiger partial charge in [0.25, 0.3) is 0 Å². The Hall–Kier alpha value is -1.02. The van der Waals surface area contributed by atoms with Crippen LogP contribution in [0.25, 0.3) is 0 Å². The predicted octanol–water partition coefficient (Wildman–Crippen LogP) is 3.69. The Labute approximate surface area is 95.4 Å². The van der Waals surface area contributed by atoms with Crippen LogP contribution in [0.15, 0.2) is 18.2 Å². The summed E-state index contributed by atoms with van der Waals surface area (Å²) in [5.74, 6) is 0.145. The van der Waals surface area contributed by atoms with E-state index in [0.717, 1.165) is 19.3 Å². The first kappa shape index (κ1) is 12.1. The highest BCUT2D eigenvalue weighted by atomic mass is 35.5. The summed E-state index contributed by atoms with van der Waals surface area (Å²) in [6, 6.07) is 5.05. The van der Waals surface area contributed by atoms with Crippen molar-refractivity contribution in [2.45, 2.75) is 32.6 Å². The highest BCUT2D eigenvalue weighted by Gasteiger charge is 2.06. The molecule has 0 heterocycles. The largest absolute Gasteiger partial charge is 0.398 e. The fourth-order valence-electron chi connectivity index (χ4n) is 1.40. The SMILES string of the molecule is CCCCCC(=O)c1ccc(Cl)c(N)c1. The molecule has 0 aromatic heterocycles. The molecule has 0 spiro atoms. The lowest BCUT2D eigenvalue weighted by Crippen LogP contribution is -2.00. The fraction of sp³-hybridized carbons (Fsp3) is 0.417. The van der Waals surface area contributed by atoms with Crippen molar-refractivity contribution in [3.8, 4) is 0 Å². The second-order valence-electron chi connectivity index (χ2n) is 3.62. The molecule has 0 fully saturated rings. The maximum atomic E-state index is 11.7. The molecular formula is C12H16ClNO. The van der Waals surface area contributed by atoms with Gasteiger partial charge in [0.15, 0.2) is 5.78 Å². The number of carbonyl (C=O) groups is 1. The van der Waals surface area contributed by atoms with Crippen LogP contribution < -0.4 is 5.73 Å². The fourth-order valence-corrected chi connectivity index (χ4v) is 1.51. The van der Waals surface area contributed by atoms with Crippen molar-refractivity contribution < 1.29 is 4.79 Å². The first-order valence-electron chi connectivity index (χ1n) is 5.23. The van der Waals surface area contributed by atoms with Crippen molar-refractivity contribution in [2.24, 2.45) is 0 Å². The number of Topliss-reactive ketones (excluding diaryl/α,β-unsaturated/α-hetero) is 1. The van der Waals surface area contributed by atoms with Gasteiger partial charge in [-0.15, -0.1) is 0 Å². The molecule has 2 N–H and O–H groups in total. The van der Waals surface area contributed by atoms with E-state index in [1.54, 1.807) is 18.2 Å². The van der Waals surface area contributed by atoms with E-state index in [2.05, 4.69) is 6.92 Å². The lowest BCUT2D eigenvalue weighted by atomic mass is 10.0. The minimum absolute atomic E-state index is 0.145. The lowest BCUT2D eigenvalue weighted by Gasteiger charge is -2.03. The Balaban J connectivity index is 2.62. The van der Waals surface area contributed by atoms with E-state index >= 15 is 0 Å². The summed E-state index contributed by atoms with van der Waals surface area (Å²) in [6.45, 7) is 2.12. The number of ketones is 1. The van der Waals surface area contributed by atoms with Gasteiger partial charge in [-0.05, 0) is 24.6 Å². The molecule has 0 radical (unpaired) electrons. The number of hydrogen-bond donors (Lipinski definition) is 1. The number of nitrogens with two attached hydrogens (primary N) is 1. The monoisotopic (exact) mass is 225 g/mol. The molecule has 1 aromatic rings. The smallest absolute Gasteiger partial charge is 0.162 e. The second-order valence-corrected chi connectivity index (χ2v) is 4.02. The average molecular weight is 226 g/mol. The quantitative estimate of drug-likeness (QED) is 0.472. The van der Waals surface area contributed by atoms with Gasteiger partial charge in [0.05, 0.1) is 10.7 Å². The van der Waals surface area contributed by atoms with Crippen LogP contribution in [0.4, 0.5) is 5.69 Å². The molecule has 2 nitrogen and oxygen atoms in total. The van der Waals surface area contributed by atoms with Gasteiger partial charge in [0.1, 0.15) is 0 Å². The molecule has 82 valence electrons. The molecule has 0 amide bonds. The number of benzene rings is 1. The van der Waals surface area contributed by atoms with Crippen molar-refractivity contribution in [1.82, 2.24) is 0 Å².